The Morgan fingerprint density at radius 1 is 0.881 bits per heavy atom. The van der Waals surface area contributed by atoms with Gasteiger partial charge >= 0.3 is 11.9 Å². The maximum absolute atomic E-state index is 12.9. The van der Waals surface area contributed by atoms with Crippen LogP contribution >= 0.6 is 31.9 Å². The highest BCUT2D eigenvalue weighted by atomic mass is 79.9. The van der Waals surface area contributed by atoms with Crippen LogP contribution in [0.2, 0.25) is 0 Å². The van der Waals surface area contributed by atoms with E-state index < -0.39 is 0 Å². The molecule has 0 saturated heterocycles. The van der Waals surface area contributed by atoms with E-state index in [4.69, 9.17) is 14.2 Å². The lowest BCUT2D eigenvalue weighted by Gasteiger charge is -2.70. The second kappa shape index (κ2) is 12.4. The van der Waals surface area contributed by atoms with Gasteiger partial charge in [0, 0.05) is 18.4 Å². The van der Waals surface area contributed by atoms with Crippen molar-refractivity contribution in [2.24, 2.45) is 45.3 Å². The van der Waals surface area contributed by atoms with Gasteiger partial charge in [-0.25, -0.2) is 0 Å². The Bertz CT molecular complexity index is 1040. The number of ether oxygens (including phenoxy) is 3. The molecule has 7 heteroatoms. The monoisotopic (exact) mass is 714 g/mol. The number of hydrogen-bond donors (Lipinski definition) is 0. The van der Waals surface area contributed by atoms with Crippen LogP contribution in [0.25, 0.3) is 0 Å². The zero-order valence-electron chi connectivity index (χ0n) is 27.5. The zero-order valence-corrected chi connectivity index (χ0v) is 30.6. The van der Waals surface area contributed by atoms with Crippen molar-refractivity contribution < 1.29 is 23.8 Å². The topological polar surface area (TPSA) is 61.8 Å². The van der Waals surface area contributed by atoms with Gasteiger partial charge in [-0.3, -0.25) is 9.59 Å². The molecule has 0 N–H and O–H groups in total. The molecule has 240 valence electrons. The van der Waals surface area contributed by atoms with Crippen LogP contribution in [0.3, 0.4) is 0 Å². The standard InChI is InChI=1S/C35H56Br2O5/c1-22(11-10-15-31(2,3)40-9)23-12-17-35(8)30(23)24(41-28(38)20-36)19-26-33(6)16-14-27(42-29(39)21-37)32(4,5)25(33)13-18-34(26,35)7/h23-27,30H,1,10-21H2,2-9H3/t23-,24-,25+,26-,27+,30+,33+,34-,35-/m1/s1. The number of allylic oxidation sites excluding steroid dienone is 1. The highest BCUT2D eigenvalue weighted by molar-refractivity contribution is 9.09. The first-order valence-electron chi connectivity index (χ1n) is 16.2. The largest absolute Gasteiger partial charge is 0.461 e. The fraction of sp³-hybridized carbons (Fsp3) is 0.886. The number of halogens is 2. The summed E-state index contributed by atoms with van der Waals surface area (Å²) >= 11 is 6.66. The third-order valence-corrected chi connectivity index (χ3v) is 14.3. The number of carbonyl (C=O) groups excluding carboxylic acids is 2. The minimum absolute atomic E-state index is 0.0595. The Labute approximate surface area is 272 Å². The average molecular weight is 717 g/mol. The molecule has 4 rings (SSSR count). The van der Waals surface area contributed by atoms with Gasteiger partial charge in [-0.15, -0.1) is 0 Å². The third kappa shape index (κ3) is 5.83. The van der Waals surface area contributed by atoms with Crippen molar-refractivity contribution in [2.45, 2.75) is 130 Å². The first kappa shape index (κ1) is 34.5. The van der Waals surface area contributed by atoms with Crippen LogP contribution in [-0.2, 0) is 23.8 Å². The van der Waals surface area contributed by atoms with Gasteiger partial charge in [-0.05, 0) is 112 Å². The highest BCUT2D eigenvalue weighted by Gasteiger charge is 2.71. The molecule has 0 spiro atoms. The second-order valence-electron chi connectivity index (χ2n) is 16.0. The van der Waals surface area contributed by atoms with Crippen LogP contribution in [0.1, 0.15) is 113 Å². The van der Waals surface area contributed by atoms with E-state index in [1.54, 1.807) is 7.11 Å². The summed E-state index contributed by atoms with van der Waals surface area (Å²) in [6.45, 7) is 21.2. The van der Waals surface area contributed by atoms with Crippen molar-refractivity contribution in [3.8, 4) is 0 Å². The zero-order chi connectivity index (χ0) is 31.3. The number of esters is 2. The SMILES string of the molecule is C=C(CCCC(C)(C)OC)[C@H]1CC[C@]2(C)[C@@H]1[C@H](OC(=O)CBr)C[C@@H]1[C@@]3(C)CC[C@H](OC(=O)CBr)C(C)(C)[C@@H]3CC[C@]12C. The number of rotatable bonds is 10. The molecule has 0 aromatic heterocycles. The summed E-state index contributed by atoms with van der Waals surface area (Å²) < 4.78 is 18.1. The van der Waals surface area contributed by atoms with E-state index in [-0.39, 0.29) is 68.0 Å². The van der Waals surface area contributed by atoms with E-state index in [0.717, 1.165) is 64.2 Å². The van der Waals surface area contributed by atoms with Gasteiger partial charge in [-0.1, -0.05) is 78.6 Å². The van der Waals surface area contributed by atoms with Crippen molar-refractivity contribution in [2.75, 3.05) is 17.8 Å². The minimum Gasteiger partial charge on any atom is -0.461 e. The summed E-state index contributed by atoms with van der Waals surface area (Å²) in [5.41, 5.74) is 1.37. The Balaban J connectivity index is 1.65. The lowest BCUT2D eigenvalue weighted by molar-refractivity contribution is -0.246. The first-order chi connectivity index (χ1) is 19.5. The maximum Gasteiger partial charge on any atom is 0.316 e. The molecular formula is C35H56Br2O5. The molecule has 5 nitrogen and oxygen atoms in total. The van der Waals surface area contributed by atoms with Crippen molar-refractivity contribution in [3.05, 3.63) is 12.2 Å². The Morgan fingerprint density at radius 3 is 2.12 bits per heavy atom. The summed E-state index contributed by atoms with van der Waals surface area (Å²) in [5, 5.41) is 0.458. The molecule has 0 radical (unpaired) electrons. The summed E-state index contributed by atoms with van der Waals surface area (Å²) in [7, 11) is 1.79. The summed E-state index contributed by atoms with van der Waals surface area (Å²) in [4.78, 5) is 25.2. The number of methoxy groups -OCH3 is 1. The molecule has 0 aliphatic heterocycles. The van der Waals surface area contributed by atoms with Gasteiger partial charge in [0.2, 0.25) is 0 Å². The van der Waals surface area contributed by atoms with Gasteiger partial charge in [0.1, 0.15) is 22.9 Å². The molecule has 0 unspecified atom stereocenters. The fourth-order valence-corrected chi connectivity index (χ4v) is 11.2. The summed E-state index contributed by atoms with van der Waals surface area (Å²) in [6.07, 6.45) is 10.3. The van der Waals surface area contributed by atoms with Crippen LogP contribution < -0.4 is 0 Å². The van der Waals surface area contributed by atoms with Crippen molar-refractivity contribution >= 4 is 43.8 Å². The summed E-state index contributed by atoms with van der Waals surface area (Å²) in [5.74, 6) is 1.19. The fourth-order valence-electron chi connectivity index (χ4n) is 10.9. The van der Waals surface area contributed by atoms with E-state index in [0.29, 0.717) is 17.8 Å². The van der Waals surface area contributed by atoms with E-state index in [2.05, 4.69) is 86.9 Å². The molecule has 4 aliphatic rings. The lowest BCUT2D eigenvalue weighted by atomic mass is 9.35. The van der Waals surface area contributed by atoms with Crippen LogP contribution in [0, 0.1) is 45.3 Å². The van der Waals surface area contributed by atoms with E-state index >= 15 is 0 Å². The Kier molecular flexibility index (Phi) is 10.2. The van der Waals surface area contributed by atoms with Gasteiger partial charge in [0.25, 0.3) is 0 Å². The smallest absolute Gasteiger partial charge is 0.316 e. The lowest BCUT2D eigenvalue weighted by Crippen LogP contribution is -2.66. The minimum atomic E-state index is -0.171. The quantitative estimate of drug-likeness (QED) is 0.128. The first-order valence-corrected chi connectivity index (χ1v) is 18.5. The Hall–Kier alpha value is -0.400. The van der Waals surface area contributed by atoms with E-state index in [1.807, 2.05) is 0 Å². The van der Waals surface area contributed by atoms with Crippen LogP contribution in [0.15, 0.2) is 12.2 Å². The van der Waals surface area contributed by atoms with Gasteiger partial charge in [0.15, 0.2) is 0 Å². The molecule has 4 fully saturated rings. The Morgan fingerprint density at radius 2 is 1.50 bits per heavy atom. The molecule has 4 aliphatic carbocycles. The van der Waals surface area contributed by atoms with Gasteiger partial charge in [-0.2, -0.15) is 0 Å². The predicted molar refractivity (Wildman–Crippen MR) is 176 cm³/mol. The number of alkyl halides is 2. The number of fused-ring (bicyclic) bond motifs is 5. The van der Waals surface area contributed by atoms with Crippen LogP contribution in [0.5, 0.6) is 0 Å². The second-order valence-corrected chi connectivity index (χ2v) is 17.1. The molecule has 0 amide bonds. The van der Waals surface area contributed by atoms with E-state index in [9.17, 15) is 9.59 Å². The number of carbonyl (C=O) groups is 2. The van der Waals surface area contributed by atoms with Crippen molar-refractivity contribution in [1.29, 1.82) is 0 Å². The maximum atomic E-state index is 12.9. The molecule has 9 atom stereocenters. The molecule has 4 saturated carbocycles. The highest BCUT2D eigenvalue weighted by Crippen LogP contribution is 2.76. The van der Waals surface area contributed by atoms with Gasteiger partial charge < -0.3 is 14.2 Å². The normalized spacial score (nSPS) is 40.8. The van der Waals surface area contributed by atoms with E-state index in [1.165, 1.54) is 5.57 Å². The van der Waals surface area contributed by atoms with Gasteiger partial charge in [0.05, 0.1) is 5.60 Å². The van der Waals surface area contributed by atoms with Crippen molar-refractivity contribution in [1.82, 2.24) is 0 Å². The molecule has 0 aromatic carbocycles. The molecule has 0 heterocycles. The molecule has 0 aromatic rings. The predicted octanol–water partition coefficient (Wildman–Crippen LogP) is 9.05. The molecular weight excluding hydrogens is 660 g/mol. The summed E-state index contributed by atoms with van der Waals surface area (Å²) in [6, 6.07) is 0. The third-order valence-electron chi connectivity index (χ3n) is 13.4. The van der Waals surface area contributed by atoms with Crippen LogP contribution in [0.4, 0.5) is 0 Å². The number of hydrogen-bond acceptors (Lipinski definition) is 5. The van der Waals surface area contributed by atoms with Crippen molar-refractivity contribution in [3.63, 3.8) is 0 Å². The van der Waals surface area contributed by atoms with Crippen LogP contribution in [-0.4, -0.2) is 47.5 Å². The molecule has 0 bridgehead atoms. The molecule has 42 heavy (non-hydrogen) atoms. The average Bonchev–Trinajstić information content (AvgIpc) is 3.30.